The second kappa shape index (κ2) is 7.56. The minimum atomic E-state index is -1.14. The molecule has 0 aliphatic rings. The zero-order valence-corrected chi connectivity index (χ0v) is 14.8. The Morgan fingerprint density at radius 3 is 2.64 bits per heavy atom. The van der Waals surface area contributed by atoms with Crippen LogP contribution in [0.15, 0.2) is 24.7 Å². The van der Waals surface area contributed by atoms with Crippen molar-refractivity contribution in [3.8, 4) is 0 Å². The molecule has 28 heavy (non-hydrogen) atoms. The van der Waals surface area contributed by atoms with E-state index < -0.39 is 29.1 Å². The number of nitrogens with one attached hydrogen (secondary N) is 2. The van der Waals surface area contributed by atoms with E-state index in [4.69, 9.17) is 0 Å². The van der Waals surface area contributed by atoms with Crippen LogP contribution in [-0.2, 0) is 11.3 Å². The number of rotatable bonds is 6. The van der Waals surface area contributed by atoms with Crippen LogP contribution in [0.3, 0.4) is 0 Å². The lowest BCUT2D eigenvalue weighted by atomic mass is 10.1. The fourth-order valence-electron chi connectivity index (χ4n) is 2.80. The molecule has 0 fully saturated rings. The molecule has 0 spiro atoms. The van der Waals surface area contributed by atoms with Crippen molar-refractivity contribution in [2.24, 2.45) is 0 Å². The Labute approximate surface area is 156 Å². The number of fused-ring (bicyclic) bond motifs is 1. The highest BCUT2D eigenvalue weighted by atomic mass is 19.1. The van der Waals surface area contributed by atoms with E-state index in [1.54, 1.807) is 6.92 Å². The molecule has 0 aliphatic carbocycles. The highest BCUT2D eigenvalue weighted by Gasteiger charge is 2.21. The van der Waals surface area contributed by atoms with Gasteiger partial charge in [0.2, 0.25) is 0 Å². The van der Waals surface area contributed by atoms with Gasteiger partial charge in [-0.25, -0.2) is 28.6 Å². The first-order valence-electron chi connectivity index (χ1n) is 8.05. The largest absolute Gasteiger partial charge is 0.478 e. The van der Waals surface area contributed by atoms with Gasteiger partial charge in [0, 0.05) is 12.3 Å². The van der Waals surface area contributed by atoms with Crippen molar-refractivity contribution in [3.63, 3.8) is 0 Å². The summed E-state index contributed by atoms with van der Waals surface area (Å²) < 4.78 is 29.5. The normalized spacial score (nSPS) is 10.9. The Balaban J connectivity index is 2.12. The van der Waals surface area contributed by atoms with E-state index in [1.807, 2.05) is 5.48 Å². The van der Waals surface area contributed by atoms with E-state index in [0.717, 1.165) is 12.4 Å². The third kappa shape index (κ3) is 3.34. The summed E-state index contributed by atoms with van der Waals surface area (Å²) in [5.41, 5.74) is 2.07. The molecule has 3 N–H and O–H groups in total. The number of benzene rings is 1. The maximum Gasteiger partial charge on any atom is 0.337 e. The van der Waals surface area contributed by atoms with E-state index >= 15 is 0 Å². The molecule has 0 atom stereocenters. The Bertz CT molecular complexity index is 1080. The van der Waals surface area contributed by atoms with Crippen molar-refractivity contribution >= 4 is 28.9 Å². The highest BCUT2D eigenvalue weighted by Crippen LogP contribution is 2.28. The molecule has 0 aliphatic heterocycles. The van der Waals surface area contributed by atoms with Crippen molar-refractivity contribution in [1.82, 2.24) is 20.1 Å². The number of halogens is 2. The van der Waals surface area contributed by atoms with Crippen molar-refractivity contribution in [2.75, 3.05) is 12.4 Å². The number of aromatic carboxylic acids is 1. The second-order valence-corrected chi connectivity index (χ2v) is 5.65. The van der Waals surface area contributed by atoms with Gasteiger partial charge in [-0.3, -0.25) is 9.63 Å². The van der Waals surface area contributed by atoms with Crippen molar-refractivity contribution in [1.29, 1.82) is 0 Å². The number of carboxylic acids is 1. The Kier molecular flexibility index (Phi) is 5.18. The molecule has 3 rings (SSSR count). The number of amides is 1. The monoisotopic (exact) mass is 391 g/mol. The molecule has 1 aromatic carbocycles. The molecule has 2 heterocycles. The SMILES string of the molecule is CCc1c(C(=O)O)cn2ncnc(Nc3cc(C(=O)NOC)c(F)cc3F)c12. The molecule has 0 bridgehead atoms. The second-order valence-electron chi connectivity index (χ2n) is 5.65. The summed E-state index contributed by atoms with van der Waals surface area (Å²) in [6.07, 6.45) is 2.83. The number of carbonyl (C=O) groups is 2. The molecule has 0 saturated carbocycles. The van der Waals surface area contributed by atoms with Crippen LogP contribution in [0.25, 0.3) is 5.52 Å². The number of aryl methyl sites for hydroxylation is 1. The minimum absolute atomic E-state index is 0.0331. The predicted octanol–water partition coefficient (Wildman–Crippen LogP) is 2.30. The van der Waals surface area contributed by atoms with Crippen LogP contribution < -0.4 is 10.8 Å². The lowest BCUT2D eigenvalue weighted by Gasteiger charge is -2.11. The summed E-state index contributed by atoms with van der Waals surface area (Å²) in [6, 6.07) is 1.51. The van der Waals surface area contributed by atoms with E-state index in [0.29, 0.717) is 23.6 Å². The number of aromatic nitrogens is 3. The molecule has 0 radical (unpaired) electrons. The zero-order chi connectivity index (χ0) is 20.4. The van der Waals surface area contributed by atoms with Gasteiger partial charge in [0.15, 0.2) is 5.82 Å². The number of hydrogen-bond acceptors (Lipinski definition) is 6. The van der Waals surface area contributed by atoms with Crippen molar-refractivity contribution in [3.05, 3.63) is 53.0 Å². The van der Waals surface area contributed by atoms with Gasteiger partial charge in [0.05, 0.1) is 23.9 Å². The number of anilines is 2. The van der Waals surface area contributed by atoms with Gasteiger partial charge in [-0.15, -0.1) is 0 Å². The summed E-state index contributed by atoms with van der Waals surface area (Å²) >= 11 is 0. The Morgan fingerprint density at radius 1 is 1.25 bits per heavy atom. The molecular formula is C17H15F2N5O4. The quantitative estimate of drug-likeness (QED) is 0.552. The van der Waals surface area contributed by atoms with Gasteiger partial charge < -0.3 is 10.4 Å². The molecule has 0 saturated heterocycles. The molecule has 11 heteroatoms. The van der Waals surface area contributed by atoms with Crippen LogP contribution in [0.4, 0.5) is 20.3 Å². The van der Waals surface area contributed by atoms with E-state index in [9.17, 15) is 23.5 Å². The predicted molar refractivity (Wildman–Crippen MR) is 93.4 cm³/mol. The first-order valence-corrected chi connectivity index (χ1v) is 8.05. The maximum atomic E-state index is 14.3. The summed E-state index contributed by atoms with van der Waals surface area (Å²) in [4.78, 5) is 31.8. The molecular weight excluding hydrogens is 376 g/mol. The van der Waals surface area contributed by atoms with Crippen molar-refractivity contribution in [2.45, 2.75) is 13.3 Å². The molecule has 1 amide bonds. The number of hydrogen-bond donors (Lipinski definition) is 3. The fraction of sp³-hybridized carbons (Fsp3) is 0.176. The van der Waals surface area contributed by atoms with Crippen LogP contribution in [0.1, 0.15) is 33.2 Å². The Hall–Kier alpha value is -3.60. The average molecular weight is 391 g/mol. The van der Waals surface area contributed by atoms with Crippen LogP contribution in [0, 0.1) is 11.6 Å². The molecule has 2 aromatic heterocycles. The lowest BCUT2D eigenvalue weighted by molar-refractivity contribution is 0.0533. The van der Waals surface area contributed by atoms with Gasteiger partial charge in [-0.05, 0) is 18.1 Å². The van der Waals surface area contributed by atoms with Crippen LogP contribution >= 0.6 is 0 Å². The van der Waals surface area contributed by atoms with Crippen LogP contribution in [-0.4, -0.2) is 38.7 Å². The third-order valence-electron chi connectivity index (χ3n) is 4.01. The highest BCUT2D eigenvalue weighted by molar-refractivity contribution is 5.96. The summed E-state index contributed by atoms with van der Waals surface area (Å²) in [6.45, 7) is 1.75. The van der Waals surface area contributed by atoms with E-state index in [1.165, 1.54) is 17.8 Å². The van der Waals surface area contributed by atoms with Crippen LogP contribution in [0.2, 0.25) is 0 Å². The van der Waals surface area contributed by atoms with E-state index in [2.05, 4.69) is 20.2 Å². The fourth-order valence-corrected chi connectivity index (χ4v) is 2.80. The summed E-state index contributed by atoms with van der Waals surface area (Å²) in [7, 11) is 1.18. The van der Waals surface area contributed by atoms with Crippen LogP contribution in [0.5, 0.6) is 0 Å². The summed E-state index contributed by atoms with van der Waals surface area (Å²) in [5, 5.41) is 16.0. The lowest BCUT2D eigenvalue weighted by Crippen LogP contribution is -2.23. The maximum absolute atomic E-state index is 14.3. The molecule has 9 nitrogen and oxygen atoms in total. The zero-order valence-electron chi connectivity index (χ0n) is 14.8. The standard InChI is InChI=1S/C17H15F2N5O4/c1-3-8-10(17(26)27)6-24-14(8)15(20-7-21-24)22-13-4-9(16(25)23-28-2)11(18)5-12(13)19/h4-7H,3H2,1-2H3,(H,23,25)(H,26,27)(H,20,21,22). The smallest absolute Gasteiger partial charge is 0.337 e. The third-order valence-corrected chi connectivity index (χ3v) is 4.01. The molecule has 146 valence electrons. The Morgan fingerprint density at radius 2 is 2.00 bits per heavy atom. The molecule has 0 unspecified atom stereocenters. The number of hydroxylamine groups is 1. The van der Waals surface area contributed by atoms with Gasteiger partial charge in [0.1, 0.15) is 23.5 Å². The van der Waals surface area contributed by atoms with Gasteiger partial charge >= 0.3 is 5.97 Å². The number of carbonyl (C=O) groups excluding carboxylic acids is 1. The number of nitrogens with zero attached hydrogens (tertiary/aromatic N) is 3. The van der Waals surface area contributed by atoms with Gasteiger partial charge in [0.25, 0.3) is 5.91 Å². The molecule has 3 aromatic rings. The van der Waals surface area contributed by atoms with Crippen molar-refractivity contribution < 1.29 is 28.3 Å². The van der Waals surface area contributed by atoms with Gasteiger partial charge in [-0.2, -0.15) is 5.10 Å². The average Bonchev–Trinajstić information content (AvgIpc) is 3.04. The minimum Gasteiger partial charge on any atom is -0.478 e. The topological polar surface area (TPSA) is 118 Å². The van der Waals surface area contributed by atoms with Gasteiger partial charge in [-0.1, -0.05) is 6.92 Å². The number of carboxylic acid groups (broad SMARTS) is 1. The first kappa shape index (κ1) is 19.2. The van der Waals surface area contributed by atoms with E-state index in [-0.39, 0.29) is 17.1 Å². The summed E-state index contributed by atoms with van der Waals surface area (Å²) in [5.74, 6) is -3.98. The first-order chi connectivity index (χ1) is 13.4.